The standard InChI is InChI=1S/C16H27NO2/c18-16(19)17-15(11-13-7-3-1-4-8-13)12-14-9-5-2-6-10-14/h7,14-15,17H,1-6,8-12H2,(H,18,19)/t15-/m1/s1. The maximum absolute atomic E-state index is 11.0. The third kappa shape index (κ3) is 5.25. The summed E-state index contributed by atoms with van der Waals surface area (Å²) in [6.45, 7) is 0. The van der Waals surface area contributed by atoms with Gasteiger partial charge in [-0.05, 0) is 44.4 Å². The van der Waals surface area contributed by atoms with Gasteiger partial charge in [-0.3, -0.25) is 0 Å². The predicted octanol–water partition coefficient (Wildman–Crippen LogP) is 4.48. The van der Waals surface area contributed by atoms with Gasteiger partial charge in [0, 0.05) is 6.04 Å². The van der Waals surface area contributed by atoms with Crippen molar-refractivity contribution < 1.29 is 9.90 Å². The lowest BCUT2D eigenvalue weighted by molar-refractivity contribution is 0.185. The van der Waals surface area contributed by atoms with Crippen molar-refractivity contribution in [2.24, 2.45) is 5.92 Å². The minimum Gasteiger partial charge on any atom is -0.465 e. The van der Waals surface area contributed by atoms with Gasteiger partial charge in [-0.15, -0.1) is 0 Å². The van der Waals surface area contributed by atoms with E-state index in [9.17, 15) is 4.79 Å². The first kappa shape index (κ1) is 14.4. The first-order valence-electron chi connectivity index (χ1n) is 7.91. The van der Waals surface area contributed by atoms with Crippen molar-refractivity contribution in [3.8, 4) is 0 Å². The second-order valence-corrected chi connectivity index (χ2v) is 6.20. The quantitative estimate of drug-likeness (QED) is 0.720. The molecule has 3 heteroatoms. The van der Waals surface area contributed by atoms with E-state index < -0.39 is 6.09 Å². The van der Waals surface area contributed by atoms with Gasteiger partial charge in [0.05, 0.1) is 0 Å². The van der Waals surface area contributed by atoms with Gasteiger partial charge < -0.3 is 10.4 Å². The van der Waals surface area contributed by atoms with Gasteiger partial charge >= 0.3 is 6.09 Å². The van der Waals surface area contributed by atoms with E-state index in [1.165, 1.54) is 63.4 Å². The Balaban J connectivity index is 1.86. The van der Waals surface area contributed by atoms with Crippen LogP contribution in [0, 0.1) is 5.92 Å². The summed E-state index contributed by atoms with van der Waals surface area (Å²) in [5, 5.41) is 11.8. The monoisotopic (exact) mass is 265 g/mol. The van der Waals surface area contributed by atoms with Crippen molar-refractivity contribution in [2.45, 2.75) is 76.7 Å². The molecule has 2 aliphatic carbocycles. The summed E-state index contributed by atoms with van der Waals surface area (Å²) in [6.07, 6.45) is 14.9. The SMILES string of the molecule is O=C(O)N[C@H](CC1=CCCCC1)CC1CCCCC1. The molecule has 0 radical (unpaired) electrons. The van der Waals surface area contributed by atoms with Crippen LogP contribution >= 0.6 is 0 Å². The number of nitrogens with one attached hydrogen (secondary N) is 1. The Morgan fingerprint density at radius 2 is 2.05 bits per heavy atom. The third-order valence-electron chi connectivity index (χ3n) is 4.56. The van der Waals surface area contributed by atoms with E-state index in [-0.39, 0.29) is 6.04 Å². The molecule has 0 spiro atoms. The number of hydrogen-bond donors (Lipinski definition) is 2. The zero-order valence-electron chi connectivity index (χ0n) is 11.9. The highest BCUT2D eigenvalue weighted by Gasteiger charge is 2.21. The van der Waals surface area contributed by atoms with E-state index in [4.69, 9.17) is 5.11 Å². The molecule has 1 saturated carbocycles. The number of hydrogen-bond acceptors (Lipinski definition) is 1. The Morgan fingerprint density at radius 1 is 1.26 bits per heavy atom. The van der Waals surface area contributed by atoms with Gasteiger partial charge in [-0.25, -0.2) is 4.79 Å². The maximum atomic E-state index is 11.0. The number of carboxylic acid groups (broad SMARTS) is 1. The second-order valence-electron chi connectivity index (χ2n) is 6.20. The van der Waals surface area contributed by atoms with Gasteiger partial charge in [0.15, 0.2) is 0 Å². The average molecular weight is 265 g/mol. The van der Waals surface area contributed by atoms with Crippen LogP contribution in [-0.2, 0) is 0 Å². The van der Waals surface area contributed by atoms with Crippen LogP contribution in [0.5, 0.6) is 0 Å². The molecule has 108 valence electrons. The molecule has 0 aromatic heterocycles. The fraction of sp³-hybridized carbons (Fsp3) is 0.812. The Labute approximate surface area is 116 Å². The minimum absolute atomic E-state index is 0.130. The zero-order valence-corrected chi connectivity index (χ0v) is 11.9. The van der Waals surface area contributed by atoms with Gasteiger partial charge in [0.2, 0.25) is 0 Å². The van der Waals surface area contributed by atoms with Crippen LogP contribution in [-0.4, -0.2) is 17.2 Å². The van der Waals surface area contributed by atoms with E-state index in [2.05, 4.69) is 11.4 Å². The van der Waals surface area contributed by atoms with Crippen molar-refractivity contribution in [3.63, 3.8) is 0 Å². The molecule has 3 nitrogen and oxygen atoms in total. The van der Waals surface area contributed by atoms with Crippen LogP contribution < -0.4 is 5.32 Å². The summed E-state index contributed by atoms with van der Waals surface area (Å²) >= 11 is 0. The van der Waals surface area contributed by atoms with Crippen molar-refractivity contribution in [1.29, 1.82) is 0 Å². The van der Waals surface area contributed by atoms with Gasteiger partial charge in [-0.2, -0.15) is 0 Å². The molecule has 0 aromatic carbocycles. The number of allylic oxidation sites excluding steroid dienone is 1. The molecule has 1 fully saturated rings. The van der Waals surface area contributed by atoms with E-state index in [1.807, 2.05) is 0 Å². The predicted molar refractivity (Wildman–Crippen MR) is 77.3 cm³/mol. The molecule has 0 aromatic rings. The topological polar surface area (TPSA) is 49.3 Å². The third-order valence-corrected chi connectivity index (χ3v) is 4.56. The number of rotatable bonds is 5. The Morgan fingerprint density at radius 3 is 2.68 bits per heavy atom. The molecule has 1 atom stereocenters. The summed E-state index contributed by atoms with van der Waals surface area (Å²) < 4.78 is 0. The van der Waals surface area contributed by atoms with Gasteiger partial charge in [0.1, 0.15) is 0 Å². The van der Waals surface area contributed by atoms with E-state index in [1.54, 1.807) is 0 Å². The smallest absolute Gasteiger partial charge is 0.404 e. The van der Waals surface area contributed by atoms with Crippen molar-refractivity contribution in [3.05, 3.63) is 11.6 Å². The van der Waals surface area contributed by atoms with E-state index in [0.29, 0.717) is 0 Å². The molecule has 0 saturated heterocycles. The van der Waals surface area contributed by atoms with Crippen LogP contribution in [0.25, 0.3) is 0 Å². The molecule has 0 unspecified atom stereocenters. The summed E-state index contributed by atoms with van der Waals surface area (Å²) in [5.74, 6) is 0.731. The summed E-state index contributed by atoms with van der Waals surface area (Å²) in [6, 6.07) is 0.130. The fourth-order valence-electron chi connectivity index (χ4n) is 3.60. The highest BCUT2D eigenvalue weighted by atomic mass is 16.4. The van der Waals surface area contributed by atoms with E-state index >= 15 is 0 Å². The van der Waals surface area contributed by atoms with Crippen LogP contribution in [0.2, 0.25) is 0 Å². The van der Waals surface area contributed by atoms with Gasteiger partial charge in [-0.1, -0.05) is 43.8 Å². The Kier molecular flexibility index (Phi) is 5.74. The average Bonchev–Trinajstić information content (AvgIpc) is 2.40. The zero-order chi connectivity index (χ0) is 13.5. The Bertz CT molecular complexity index is 319. The molecular weight excluding hydrogens is 238 g/mol. The lowest BCUT2D eigenvalue weighted by Crippen LogP contribution is -2.36. The van der Waals surface area contributed by atoms with Crippen molar-refractivity contribution >= 4 is 6.09 Å². The first-order valence-corrected chi connectivity index (χ1v) is 7.91. The highest BCUT2D eigenvalue weighted by Crippen LogP contribution is 2.30. The Hall–Kier alpha value is -0.990. The molecule has 2 rings (SSSR count). The summed E-state index contributed by atoms with van der Waals surface area (Å²) in [7, 11) is 0. The van der Waals surface area contributed by atoms with Crippen LogP contribution in [0.1, 0.15) is 70.6 Å². The highest BCUT2D eigenvalue weighted by molar-refractivity contribution is 5.64. The largest absolute Gasteiger partial charge is 0.465 e. The van der Waals surface area contributed by atoms with Crippen LogP contribution in [0.4, 0.5) is 4.79 Å². The fourth-order valence-corrected chi connectivity index (χ4v) is 3.60. The molecule has 0 aliphatic heterocycles. The summed E-state index contributed by atoms with van der Waals surface area (Å²) in [4.78, 5) is 11.0. The molecule has 0 bridgehead atoms. The number of amides is 1. The van der Waals surface area contributed by atoms with Crippen molar-refractivity contribution in [1.82, 2.24) is 5.32 Å². The lowest BCUT2D eigenvalue weighted by Gasteiger charge is -2.27. The first-order chi connectivity index (χ1) is 9.24. The normalized spacial score (nSPS) is 22.6. The maximum Gasteiger partial charge on any atom is 0.404 e. The lowest BCUT2D eigenvalue weighted by atomic mass is 9.82. The molecule has 19 heavy (non-hydrogen) atoms. The molecule has 2 aliphatic rings. The molecule has 2 N–H and O–H groups in total. The van der Waals surface area contributed by atoms with Crippen molar-refractivity contribution in [2.75, 3.05) is 0 Å². The van der Waals surface area contributed by atoms with Gasteiger partial charge in [0.25, 0.3) is 0 Å². The van der Waals surface area contributed by atoms with Crippen LogP contribution in [0.3, 0.4) is 0 Å². The molecule has 0 heterocycles. The minimum atomic E-state index is -0.864. The molecule has 1 amide bonds. The summed E-state index contributed by atoms with van der Waals surface area (Å²) in [5.41, 5.74) is 1.47. The second kappa shape index (κ2) is 7.56. The van der Waals surface area contributed by atoms with E-state index in [0.717, 1.165) is 18.8 Å². The number of carbonyl (C=O) groups is 1. The van der Waals surface area contributed by atoms with Crippen LogP contribution in [0.15, 0.2) is 11.6 Å². The molecular formula is C16H27NO2.